The normalized spacial score (nSPS) is 16.0. The predicted molar refractivity (Wildman–Crippen MR) is 91.2 cm³/mol. The standard InChI is InChI=1S/C18H22N4O2/c1-15-19-17(20-24-15)14-18(23)22-12-10-21(11-13-22)9-5-8-16-6-3-2-4-7-16/h2-8H,9-14H2,1H3/b8-5+. The van der Waals surface area contributed by atoms with Gasteiger partial charge in [-0.3, -0.25) is 9.69 Å². The van der Waals surface area contributed by atoms with Gasteiger partial charge in [0.1, 0.15) is 0 Å². The summed E-state index contributed by atoms with van der Waals surface area (Å²) in [6.45, 7) is 5.89. The molecule has 0 saturated carbocycles. The van der Waals surface area contributed by atoms with Crippen LogP contribution in [0.15, 0.2) is 40.9 Å². The smallest absolute Gasteiger partial charge is 0.230 e. The summed E-state index contributed by atoms with van der Waals surface area (Å²) in [6, 6.07) is 10.3. The van der Waals surface area contributed by atoms with Crippen LogP contribution in [0.5, 0.6) is 0 Å². The number of aromatic nitrogens is 2. The van der Waals surface area contributed by atoms with Crippen molar-refractivity contribution in [3.05, 3.63) is 53.7 Å². The van der Waals surface area contributed by atoms with E-state index in [1.54, 1.807) is 6.92 Å². The Morgan fingerprint density at radius 1 is 1.21 bits per heavy atom. The van der Waals surface area contributed by atoms with Gasteiger partial charge >= 0.3 is 0 Å². The first kappa shape index (κ1) is 16.4. The van der Waals surface area contributed by atoms with Crippen molar-refractivity contribution in [3.63, 3.8) is 0 Å². The van der Waals surface area contributed by atoms with Crippen molar-refractivity contribution in [2.24, 2.45) is 0 Å². The molecule has 1 aliphatic rings. The average Bonchev–Trinajstić information content (AvgIpc) is 3.01. The molecular weight excluding hydrogens is 304 g/mol. The SMILES string of the molecule is Cc1nc(CC(=O)N2CCN(C/C=C/c3ccccc3)CC2)no1. The molecule has 2 aromatic rings. The molecule has 0 N–H and O–H groups in total. The zero-order valence-corrected chi connectivity index (χ0v) is 13.9. The Bertz CT molecular complexity index is 688. The summed E-state index contributed by atoms with van der Waals surface area (Å²) in [5, 5.41) is 3.78. The molecule has 6 heteroatoms. The van der Waals surface area contributed by atoms with Crippen molar-refractivity contribution < 1.29 is 9.32 Å². The molecule has 0 unspecified atom stereocenters. The molecule has 1 fully saturated rings. The Morgan fingerprint density at radius 3 is 2.62 bits per heavy atom. The molecule has 1 aromatic heterocycles. The number of amides is 1. The molecule has 126 valence electrons. The van der Waals surface area contributed by atoms with Crippen molar-refractivity contribution in [3.8, 4) is 0 Å². The third-order valence-electron chi connectivity index (χ3n) is 4.08. The molecule has 1 saturated heterocycles. The topological polar surface area (TPSA) is 62.5 Å². The van der Waals surface area contributed by atoms with Gasteiger partial charge in [0.15, 0.2) is 5.82 Å². The number of nitrogens with zero attached hydrogens (tertiary/aromatic N) is 4. The van der Waals surface area contributed by atoms with Crippen LogP contribution in [0.4, 0.5) is 0 Å². The third-order valence-corrected chi connectivity index (χ3v) is 4.08. The molecule has 1 aliphatic heterocycles. The molecule has 0 radical (unpaired) electrons. The monoisotopic (exact) mass is 326 g/mol. The molecule has 0 aliphatic carbocycles. The molecule has 24 heavy (non-hydrogen) atoms. The van der Waals surface area contributed by atoms with Crippen molar-refractivity contribution in [1.82, 2.24) is 19.9 Å². The molecule has 0 atom stereocenters. The number of piperazine rings is 1. The van der Waals surface area contributed by atoms with Gasteiger partial charge in [0.25, 0.3) is 0 Å². The summed E-state index contributed by atoms with van der Waals surface area (Å²) in [5.74, 6) is 1.02. The lowest BCUT2D eigenvalue weighted by Crippen LogP contribution is -2.49. The zero-order valence-electron chi connectivity index (χ0n) is 13.9. The Labute approximate surface area is 141 Å². The Hall–Kier alpha value is -2.47. The Morgan fingerprint density at radius 2 is 1.96 bits per heavy atom. The highest BCUT2D eigenvalue weighted by atomic mass is 16.5. The van der Waals surface area contributed by atoms with Gasteiger partial charge in [0.05, 0.1) is 6.42 Å². The first-order valence-corrected chi connectivity index (χ1v) is 8.21. The summed E-state index contributed by atoms with van der Waals surface area (Å²) in [5.41, 5.74) is 1.21. The van der Waals surface area contributed by atoms with Crippen LogP contribution < -0.4 is 0 Å². The summed E-state index contributed by atoms with van der Waals surface area (Å²) >= 11 is 0. The highest BCUT2D eigenvalue weighted by Crippen LogP contribution is 2.07. The van der Waals surface area contributed by atoms with Crippen molar-refractivity contribution in [2.75, 3.05) is 32.7 Å². The average molecular weight is 326 g/mol. The van der Waals surface area contributed by atoms with Crippen LogP contribution in [0.1, 0.15) is 17.3 Å². The summed E-state index contributed by atoms with van der Waals surface area (Å²) < 4.78 is 4.90. The fraction of sp³-hybridized carbons (Fsp3) is 0.389. The first-order valence-electron chi connectivity index (χ1n) is 8.21. The van der Waals surface area contributed by atoms with Gasteiger partial charge in [-0.15, -0.1) is 0 Å². The largest absolute Gasteiger partial charge is 0.340 e. The van der Waals surface area contributed by atoms with Gasteiger partial charge in [-0.2, -0.15) is 4.98 Å². The lowest BCUT2D eigenvalue weighted by atomic mass is 10.2. The highest BCUT2D eigenvalue weighted by molar-refractivity contribution is 5.78. The molecule has 0 bridgehead atoms. The van der Waals surface area contributed by atoms with Crippen LogP contribution in [0, 0.1) is 6.92 Å². The number of aryl methyl sites for hydroxylation is 1. The van der Waals surface area contributed by atoms with Gasteiger partial charge in [-0.1, -0.05) is 47.6 Å². The maximum atomic E-state index is 12.3. The second kappa shape index (κ2) is 7.88. The van der Waals surface area contributed by atoms with Crippen LogP contribution in [-0.4, -0.2) is 58.6 Å². The van der Waals surface area contributed by atoms with E-state index in [0.29, 0.717) is 11.7 Å². The molecule has 1 aromatic carbocycles. The number of rotatable bonds is 5. The maximum absolute atomic E-state index is 12.3. The minimum Gasteiger partial charge on any atom is -0.340 e. The lowest BCUT2D eigenvalue weighted by molar-refractivity contribution is -0.132. The van der Waals surface area contributed by atoms with Gasteiger partial charge in [0, 0.05) is 39.6 Å². The van der Waals surface area contributed by atoms with E-state index in [2.05, 4.69) is 39.3 Å². The van der Waals surface area contributed by atoms with E-state index in [-0.39, 0.29) is 12.3 Å². The van der Waals surface area contributed by atoms with Gasteiger partial charge in [-0.25, -0.2) is 0 Å². The van der Waals surface area contributed by atoms with Crippen LogP contribution in [0.25, 0.3) is 6.08 Å². The van der Waals surface area contributed by atoms with E-state index in [9.17, 15) is 4.79 Å². The summed E-state index contributed by atoms with van der Waals surface area (Å²) in [6.07, 6.45) is 4.52. The quantitative estimate of drug-likeness (QED) is 0.838. The van der Waals surface area contributed by atoms with Crippen molar-refractivity contribution in [1.29, 1.82) is 0 Å². The summed E-state index contributed by atoms with van der Waals surface area (Å²) in [4.78, 5) is 20.6. The van der Waals surface area contributed by atoms with E-state index in [4.69, 9.17) is 4.52 Å². The molecule has 6 nitrogen and oxygen atoms in total. The van der Waals surface area contributed by atoms with E-state index < -0.39 is 0 Å². The number of benzene rings is 1. The van der Waals surface area contributed by atoms with Crippen LogP contribution in [0.2, 0.25) is 0 Å². The fourth-order valence-corrected chi connectivity index (χ4v) is 2.74. The van der Waals surface area contributed by atoms with Crippen molar-refractivity contribution in [2.45, 2.75) is 13.3 Å². The van der Waals surface area contributed by atoms with Crippen LogP contribution in [0.3, 0.4) is 0 Å². The Kier molecular flexibility index (Phi) is 5.38. The zero-order chi connectivity index (χ0) is 16.8. The Balaban J connectivity index is 1.42. The van der Waals surface area contributed by atoms with E-state index in [1.807, 2.05) is 23.1 Å². The minimum absolute atomic E-state index is 0.0651. The fourth-order valence-electron chi connectivity index (χ4n) is 2.74. The molecule has 1 amide bonds. The number of carbonyl (C=O) groups is 1. The van der Waals surface area contributed by atoms with Gasteiger partial charge in [-0.05, 0) is 5.56 Å². The summed E-state index contributed by atoms with van der Waals surface area (Å²) in [7, 11) is 0. The van der Waals surface area contributed by atoms with Gasteiger partial charge in [0.2, 0.25) is 11.8 Å². The van der Waals surface area contributed by atoms with Gasteiger partial charge < -0.3 is 9.42 Å². The predicted octanol–water partition coefficient (Wildman–Crippen LogP) is 1.78. The van der Waals surface area contributed by atoms with E-state index in [1.165, 1.54) is 5.56 Å². The van der Waals surface area contributed by atoms with E-state index >= 15 is 0 Å². The third kappa shape index (κ3) is 4.52. The van der Waals surface area contributed by atoms with Crippen LogP contribution in [-0.2, 0) is 11.2 Å². The second-order valence-corrected chi connectivity index (χ2v) is 5.90. The number of hydrogen-bond acceptors (Lipinski definition) is 5. The van der Waals surface area contributed by atoms with Crippen LogP contribution >= 0.6 is 0 Å². The van der Waals surface area contributed by atoms with Crippen molar-refractivity contribution >= 4 is 12.0 Å². The lowest BCUT2D eigenvalue weighted by Gasteiger charge is -2.34. The molecule has 2 heterocycles. The highest BCUT2D eigenvalue weighted by Gasteiger charge is 2.21. The molecule has 0 spiro atoms. The number of hydrogen-bond donors (Lipinski definition) is 0. The maximum Gasteiger partial charge on any atom is 0.230 e. The second-order valence-electron chi connectivity index (χ2n) is 5.90. The first-order chi connectivity index (χ1) is 11.7. The minimum atomic E-state index is 0.0651. The molecule has 3 rings (SSSR count). The molecular formula is C18H22N4O2. The number of carbonyl (C=O) groups excluding carboxylic acids is 1. The van der Waals surface area contributed by atoms with E-state index in [0.717, 1.165) is 32.7 Å².